The summed E-state index contributed by atoms with van der Waals surface area (Å²) in [6, 6.07) is 0. The molecular formula is C13H22O2. The molecule has 0 radical (unpaired) electrons. The van der Waals surface area contributed by atoms with Crippen LogP contribution >= 0.6 is 0 Å². The molecule has 2 heteroatoms. The normalized spacial score (nSPS) is 50.6. The van der Waals surface area contributed by atoms with E-state index in [1.165, 1.54) is 32.1 Å². The van der Waals surface area contributed by atoms with E-state index in [4.69, 9.17) is 9.47 Å². The van der Waals surface area contributed by atoms with Crippen LogP contribution in [0.1, 0.15) is 45.4 Å². The van der Waals surface area contributed by atoms with Gasteiger partial charge in [0, 0.05) is 5.92 Å². The van der Waals surface area contributed by atoms with Gasteiger partial charge in [-0.15, -0.1) is 0 Å². The van der Waals surface area contributed by atoms with Crippen LogP contribution in [0.2, 0.25) is 0 Å². The molecule has 4 fully saturated rings. The second-order valence-corrected chi connectivity index (χ2v) is 5.65. The van der Waals surface area contributed by atoms with Crippen LogP contribution in [0.15, 0.2) is 0 Å². The van der Waals surface area contributed by atoms with Crippen molar-refractivity contribution in [2.45, 2.75) is 57.8 Å². The summed E-state index contributed by atoms with van der Waals surface area (Å²) >= 11 is 0. The third kappa shape index (κ3) is 1.94. The molecule has 86 valence electrons. The summed E-state index contributed by atoms with van der Waals surface area (Å²) in [6.07, 6.45) is 8.73. The van der Waals surface area contributed by atoms with Crippen molar-refractivity contribution >= 4 is 0 Å². The molecule has 3 aliphatic carbocycles. The highest BCUT2D eigenvalue weighted by Crippen LogP contribution is 2.47. The highest BCUT2D eigenvalue weighted by Gasteiger charge is 2.41. The summed E-state index contributed by atoms with van der Waals surface area (Å²) in [4.78, 5) is 0. The van der Waals surface area contributed by atoms with Crippen LogP contribution < -0.4 is 0 Å². The van der Waals surface area contributed by atoms with Crippen LogP contribution in [0.4, 0.5) is 0 Å². The zero-order chi connectivity index (χ0) is 10.3. The highest BCUT2D eigenvalue weighted by atomic mass is 16.7. The van der Waals surface area contributed by atoms with Gasteiger partial charge in [0.05, 0.1) is 12.7 Å². The van der Waals surface area contributed by atoms with E-state index in [-0.39, 0.29) is 6.29 Å². The van der Waals surface area contributed by atoms with Crippen LogP contribution in [-0.4, -0.2) is 19.0 Å². The minimum absolute atomic E-state index is 0.127. The van der Waals surface area contributed by atoms with Crippen molar-refractivity contribution in [2.75, 3.05) is 6.61 Å². The van der Waals surface area contributed by atoms with E-state index in [9.17, 15) is 0 Å². The first-order valence-electron chi connectivity index (χ1n) is 6.60. The topological polar surface area (TPSA) is 18.5 Å². The molecule has 3 atom stereocenters. The lowest BCUT2D eigenvalue weighted by Crippen LogP contribution is -2.44. The number of fused-ring (bicyclic) bond motifs is 3. The first-order chi connectivity index (χ1) is 7.33. The average Bonchev–Trinajstić information content (AvgIpc) is 2.30. The Morgan fingerprint density at radius 1 is 1.00 bits per heavy atom. The largest absolute Gasteiger partial charge is 0.352 e. The molecule has 4 rings (SSSR count). The molecule has 1 heterocycles. The van der Waals surface area contributed by atoms with Crippen molar-refractivity contribution in [1.82, 2.24) is 0 Å². The van der Waals surface area contributed by atoms with Gasteiger partial charge in [-0.05, 0) is 44.4 Å². The standard InChI is InChI=1S/C13H22O2/c1-9-6-7-14-13(15-9)12-8-10-2-4-11(12)5-3-10/h9-13H,2-8H2,1H3. The first kappa shape index (κ1) is 10.1. The van der Waals surface area contributed by atoms with Crippen LogP contribution in [0.25, 0.3) is 0 Å². The third-order valence-electron chi connectivity index (χ3n) is 4.62. The van der Waals surface area contributed by atoms with E-state index >= 15 is 0 Å². The van der Waals surface area contributed by atoms with Gasteiger partial charge in [0.15, 0.2) is 6.29 Å². The van der Waals surface area contributed by atoms with E-state index in [1.54, 1.807) is 0 Å². The molecule has 0 aromatic rings. The molecule has 15 heavy (non-hydrogen) atoms. The zero-order valence-electron chi connectivity index (χ0n) is 9.65. The molecule has 0 N–H and O–H groups in total. The summed E-state index contributed by atoms with van der Waals surface area (Å²) in [5, 5.41) is 0. The van der Waals surface area contributed by atoms with Crippen LogP contribution in [0.3, 0.4) is 0 Å². The van der Waals surface area contributed by atoms with Crippen molar-refractivity contribution in [3.8, 4) is 0 Å². The number of hydrogen-bond donors (Lipinski definition) is 0. The molecule has 3 unspecified atom stereocenters. The second kappa shape index (κ2) is 4.06. The summed E-state index contributed by atoms with van der Waals surface area (Å²) < 4.78 is 11.8. The molecular weight excluding hydrogens is 188 g/mol. The molecule has 0 aromatic heterocycles. The summed E-state index contributed by atoms with van der Waals surface area (Å²) in [5.74, 6) is 2.58. The van der Waals surface area contributed by atoms with Crippen molar-refractivity contribution in [1.29, 1.82) is 0 Å². The van der Waals surface area contributed by atoms with Gasteiger partial charge < -0.3 is 9.47 Å². The minimum Gasteiger partial charge on any atom is -0.352 e. The Labute approximate surface area is 92.3 Å². The van der Waals surface area contributed by atoms with Gasteiger partial charge in [-0.2, -0.15) is 0 Å². The Kier molecular flexibility index (Phi) is 2.73. The van der Waals surface area contributed by atoms with Gasteiger partial charge in [0.1, 0.15) is 0 Å². The molecule has 2 nitrogen and oxygen atoms in total. The number of ether oxygens (including phenoxy) is 2. The molecule has 0 spiro atoms. The predicted octanol–water partition coefficient (Wildman–Crippen LogP) is 2.96. The van der Waals surface area contributed by atoms with E-state index in [2.05, 4.69) is 6.92 Å². The smallest absolute Gasteiger partial charge is 0.160 e. The quantitative estimate of drug-likeness (QED) is 0.662. The van der Waals surface area contributed by atoms with Crippen LogP contribution in [0, 0.1) is 17.8 Å². The molecule has 4 aliphatic rings. The molecule has 1 aliphatic heterocycles. The van der Waals surface area contributed by atoms with Gasteiger partial charge in [-0.1, -0.05) is 12.8 Å². The van der Waals surface area contributed by atoms with Crippen LogP contribution in [-0.2, 0) is 9.47 Å². The fourth-order valence-electron chi connectivity index (χ4n) is 3.67. The Balaban J connectivity index is 1.66. The zero-order valence-corrected chi connectivity index (χ0v) is 9.65. The molecule has 3 saturated carbocycles. The van der Waals surface area contributed by atoms with E-state index < -0.39 is 0 Å². The Bertz CT molecular complexity index is 221. The van der Waals surface area contributed by atoms with Gasteiger partial charge in [0.25, 0.3) is 0 Å². The van der Waals surface area contributed by atoms with E-state index in [1.807, 2.05) is 0 Å². The highest BCUT2D eigenvalue weighted by molar-refractivity contribution is 4.88. The molecule has 0 amide bonds. The monoisotopic (exact) mass is 210 g/mol. The third-order valence-corrected chi connectivity index (χ3v) is 4.62. The first-order valence-corrected chi connectivity index (χ1v) is 6.60. The van der Waals surface area contributed by atoms with Gasteiger partial charge in [-0.3, -0.25) is 0 Å². The Morgan fingerprint density at radius 2 is 1.80 bits per heavy atom. The molecule has 2 bridgehead atoms. The fourth-order valence-corrected chi connectivity index (χ4v) is 3.67. The fraction of sp³-hybridized carbons (Fsp3) is 1.00. The SMILES string of the molecule is CC1CCOC(C2CC3CCC2CC3)O1. The molecule has 0 aromatic carbocycles. The van der Waals surface area contributed by atoms with Crippen LogP contribution in [0.5, 0.6) is 0 Å². The van der Waals surface area contributed by atoms with E-state index in [0.29, 0.717) is 12.0 Å². The predicted molar refractivity (Wildman–Crippen MR) is 58.5 cm³/mol. The summed E-state index contributed by atoms with van der Waals surface area (Å²) in [7, 11) is 0. The van der Waals surface area contributed by atoms with E-state index in [0.717, 1.165) is 24.9 Å². The summed E-state index contributed by atoms with van der Waals surface area (Å²) in [5.41, 5.74) is 0. The maximum Gasteiger partial charge on any atom is 0.160 e. The number of rotatable bonds is 1. The molecule has 1 saturated heterocycles. The Morgan fingerprint density at radius 3 is 2.40 bits per heavy atom. The van der Waals surface area contributed by atoms with Crippen molar-refractivity contribution in [2.24, 2.45) is 17.8 Å². The van der Waals surface area contributed by atoms with Gasteiger partial charge >= 0.3 is 0 Å². The average molecular weight is 210 g/mol. The maximum absolute atomic E-state index is 5.96. The lowest BCUT2D eigenvalue weighted by atomic mass is 9.64. The number of hydrogen-bond acceptors (Lipinski definition) is 2. The van der Waals surface area contributed by atoms with Gasteiger partial charge in [-0.25, -0.2) is 0 Å². The van der Waals surface area contributed by atoms with Crippen molar-refractivity contribution in [3.05, 3.63) is 0 Å². The van der Waals surface area contributed by atoms with Crippen molar-refractivity contribution in [3.63, 3.8) is 0 Å². The van der Waals surface area contributed by atoms with Crippen molar-refractivity contribution < 1.29 is 9.47 Å². The lowest BCUT2D eigenvalue weighted by Gasteiger charge is -2.46. The summed E-state index contributed by atoms with van der Waals surface area (Å²) in [6.45, 7) is 3.08. The second-order valence-electron chi connectivity index (χ2n) is 5.65. The minimum atomic E-state index is 0.127. The maximum atomic E-state index is 5.96. The Hall–Kier alpha value is -0.0800. The lowest BCUT2D eigenvalue weighted by molar-refractivity contribution is -0.249. The van der Waals surface area contributed by atoms with Gasteiger partial charge in [0.2, 0.25) is 0 Å².